The summed E-state index contributed by atoms with van der Waals surface area (Å²) in [5, 5.41) is 0. The van der Waals surface area contributed by atoms with Crippen molar-refractivity contribution in [1.82, 2.24) is 4.90 Å². The number of ether oxygens (including phenoxy) is 2. The number of rotatable bonds is 4. The van der Waals surface area contributed by atoms with Crippen molar-refractivity contribution in [2.24, 2.45) is 11.7 Å². The Balaban J connectivity index is 1.94. The van der Waals surface area contributed by atoms with Crippen molar-refractivity contribution in [3.63, 3.8) is 0 Å². The van der Waals surface area contributed by atoms with Crippen LogP contribution in [-0.2, 0) is 9.47 Å². The minimum Gasteiger partial charge on any atom is -0.384 e. The van der Waals surface area contributed by atoms with Gasteiger partial charge in [-0.05, 0) is 31.7 Å². The lowest BCUT2D eigenvalue weighted by Gasteiger charge is -2.43. The van der Waals surface area contributed by atoms with E-state index < -0.39 is 0 Å². The molecule has 2 fully saturated rings. The summed E-state index contributed by atoms with van der Waals surface area (Å²) in [5.41, 5.74) is 6.10. The Bertz CT molecular complexity index is 217. The third kappa shape index (κ3) is 2.40. The molecule has 0 radical (unpaired) electrons. The summed E-state index contributed by atoms with van der Waals surface area (Å²) in [6.45, 7) is 5.56. The van der Waals surface area contributed by atoms with Crippen LogP contribution in [0.1, 0.15) is 19.3 Å². The molecule has 0 saturated carbocycles. The molecule has 4 nitrogen and oxygen atoms in total. The topological polar surface area (TPSA) is 47.7 Å². The van der Waals surface area contributed by atoms with Gasteiger partial charge in [0.05, 0.1) is 18.8 Å². The molecule has 2 unspecified atom stereocenters. The summed E-state index contributed by atoms with van der Waals surface area (Å²) >= 11 is 0. The fourth-order valence-electron chi connectivity index (χ4n) is 3.01. The summed E-state index contributed by atoms with van der Waals surface area (Å²) in [4.78, 5) is 2.54. The van der Waals surface area contributed by atoms with Crippen molar-refractivity contribution in [1.29, 1.82) is 0 Å². The summed E-state index contributed by atoms with van der Waals surface area (Å²) in [5.74, 6) is 0.676. The quantitative estimate of drug-likeness (QED) is 0.759. The summed E-state index contributed by atoms with van der Waals surface area (Å²) < 4.78 is 10.9. The van der Waals surface area contributed by atoms with Crippen molar-refractivity contribution in [3.8, 4) is 0 Å². The monoisotopic (exact) mass is 228 g/mol. The summed E-state index contributed by atoms with van der Waals surface area (Å²) in [6, 6.07) is 0. The molecule has 4 heteroatoms. The van der Waals surface area contributed by atoms with Crippen LogP contribution < -0.4 is 5.73 Å². The van der Waals surface area contributed by atoms with Gasteiger partial charge in [-0.2, -0.15) is 0 Å². The zero-order valence-electron chi connectivity index (χ0n) is 10.3. The average molecular weight is 228 g/mol. The van der Waals surface area contributed by atoms with Crippen LogP contribution in [-0.4, -0.2) is 57.0 Å². The molecule has 0 aromatic carbocycles. The van der Waals surface area contributed by atoms with Crippen LogP contribution >= 0.6 is 0 Å². The third-order valence-corrected chi connectivity index (χ3v) is 4.04. The predicted molar refractivity (Wildman–Crippen MR) is 63.4 cm³/mol. The highest BCUT2D eigenvalue weighted by molar-refractivity contribution is 4.97. The maximum absolute atomic E-state index is 5.98. The van der Waals surface area contributed by atoms with Gasteiger partial charge >= 0.3 is 0 Å². The van der Waals surface area contributed by atoms with Crippen molar-refractivity contribution >= 4 is 0 Å². The number of likely N-dealkylation sites (tertiary alicyclic amines) is 1. The van der Waals surface area contributed by atoms with Crippen molar-refractivity contribution in [3.05, 3.63) is 0 Å². The molecule has 0 amide bonds. The molecule has 2 atom stereocenters. The maximum atomic E-state index is 5.98. The molecule has 16 heavy (non-hydrogen) atoms. The first kappa shape index (κ1) is 12.3. The number of nitrogens with zero attached hydrogens (tertiary/aromatic N) is 1. The SMILES string of the molecule is COCC1CCN(C2(CN)CCCOC2)C1. The molecule has 2 aliphatic rings. The van der Waals surface area contributed by atoms with Gasteiger partial charge in [-0.1, -0.05) is 0 Å². The fourth-order valence-corrected chi connectivity index (χ4v) is 3.01. The Kier molecular flexibility index (Phi) is 4.19. The van der Waals surface area contributed by atoms with E-state index in [9.17, 15) is 0 Å². The molecular weight excluding hydrogens is 204 g/mol. The first-order chi connectivity index (χ1) is 7.80. The first-order valence-corrected chi connectivity index (χ1v) is 6.32. The number of nitrogens with two attached hydrogens (primary N) is 1. The van der Waals surface area contributed by atoms with Gasteiger partial charge in [0.15, 0.2) is 0 Å². The Labute approximate surface area is 98.1 Å². The van der Waals surface area contributed by atoms with E-state index in [1.54, 1.807) is 7.11 Å². The largest absolute Gasteiger partial charge is 0.384 e. The zero-order chi connectivity index (χ0) is 11.4. The highest BCUT2D eigenvalue weighted by atomic mass is 16.5. The molecule has 0 bridgehead atoms. The van der Waals surface area contributed by atoms with Crippen LogP contribution in [0.5, 0.6) is 0 Å². The van der Waals surface area contributed by atoms with E-state index in [0.717, 1.165) is 39.3 Å². The van der Waals surface area contributed by atoms with Gasteiger partial charge in [-0.3, -0.25) is 4.90 Å². The Hall–Kier alpha value is -0.160. The second-order valence-corrected chi connectivity index (χ2v) is 5.14. The normalized spacial score (nSPS) is 36.8. The van der Waals surface area contributed by atoms with Gasteiger partial charge in [0, 0.05) is 26.8 Å². The van der Waals surface area contributed by atoms with E-state index in [4.69, 9.17) is 15.2 Å². The average Bonchev–Trinajstić information content (AvgIpc) is 2.80. The van der Waals surface area contributed by atoms with Crippen molar-refractivity contribution in [2.45, 2.75) is 24.8 Å². The standard InChI is InChI=1S/C12H24N2O2/c1-15-8-11-3-5-14(7-11)12(9-13)4-2-6-16-10-12/h11H,2-10,13H2,1H3. The maximum Gasteiger partial charge on any atom is 0.0662 e. The van der Waals surface area contributed by atoms with Gasteiger partial charge in [-0.15, -0.1) is 0 Å². The summed E-state index contributed by atoms with van der Waals surface area (Å²) in [7, 11) is 1.78. The Morgan fingerprint density at radius 1 is 1.56 bits per heavy atom. The van der Waals surface area contributed by atoms with E-state index in [1.807, 2.05) is 0 Å². The molecule has 2 heterocycles. The lowest BCUT2D eigenvalue weighted by molar-refractivity contribution is -0.0378. The highest BCUT2D eigenvalue weighted by Gasteiger charge is 2.41. The third-order valence-electron chi connectivity index (χ3n) is 4.04. The number of hydrogen-bond donors (Lipinski definition) is 1. The molecule has 94 valence electrons. The first-order valence-electron chi connectivity index (χ1n) is 6.32. The van der Waals surface area contributed by atoms with E-state index in [0.29, 0.717) is 12.5 Å². The van der Waals surface area contributed by atoms with E-state index in [2.05, 4.69) is 4.90 Å². The predicted octanol–water partition coefficient (Wildman–Crippen LogP) is 0.463. The molecule has 0 aromatic rings. The smallest absolute Gasteiger partial charge is 0.0662 e. The van der Waals surface area contributed by atoms with Crippen molar-refractivity contribution < 1.29 is 9.47 Å². The van der Waals surface area contributed by atoms with Crippen LogP contribution in [0.25, 0.3) is 0 Å². The van der Waals surface area contributed by atoms with E-state index in [-0.39, 0.29) is 5.54 Å². The van der Waals surface area contributed by atoms with Crippen LogP contribution in [0, 0.1) is 5.92 Å². The lowest BCUT2D eigenvalue weighted by Crippen LogP contribution is -2.58. The minimum atomic E-state index is 0.112. The van der Waals surface area contributed by atoms with Crippen LogP contribution in [0.3, 0.4) is 0 Å². The van der Waals surface area contributed by atoms with Crippen LogP contribution in [0.4, 0.5) is 0 Å². The summed E-state index contributed by atoms with van der Waals surface area (Å²) in [6.07, 6.45) is 3.56. The molecule has 2 N–H and O–H groups in total. The van der Waals surface area contributed by atoms with Gasteiger partial charge in [0.25, 0.3) is 0 Å². The minimum absolute atomic E-state index is 0.112. The van der Waals surface area contributed by atoms with Gasteiger partial charge in [0.1, 0.15) is 0 Å². The molecular formula is C12H24N2O2. The van der Waals surface area contributed by atoms with Crippen molar-refractivity contribution in [2.75, 3.05) is 46.6 Å². The van der Waals surface area contributed by atoms with Gasteiger partial charge in [-0.25, -0.2) is 0 Å². The lowest BCUT2D eigenvalue weighted by atomic mass is 9.90. The van der Waals surface area contributed by atoms with Gasteiger partial charge in [0.2, 0.25) is 0 Å². The fraction of sp³-hybridized carbons (Fsp3) is 1.00. The molecule has 0 aromatic heterocycles. The molecule has 0 spiro atoms. The molecule has 2 rings (SSSR count). The molecule has 2 aliphatic heterocycles. The molecule has 0 aliphatic carbocycles. The Morgan fingerprint density at radius 3 is 3.06 bits per heavy atom. The van der Waals surface area contributed by atoms with Crippen LogP contribution in [0.2, 0.25) is 0 Å². The number of methoxy groups -OCH3 is 1. The van der Waals surface area contributed by atoms with Gasteiger partial charge < -0.3 is 15.2 Å². The van der Waals surface area contributed by atoms with E-state index in [1.165, 1.54) is 12.8 Å². The second kappa shape index (κ2) is 5.45. The van der Waals surface area contributed by atoms with E-state index >= 15 is 0 Å². The second-order valence-electron chi connectivity index (χ2n) is 5.14. The zero-order valence-corrected chi connectivity index (χ0v) is 10.3. The highest BCUT2D eigenvalue weighted by Crippen LogP contribution is 2.30. The molecule has 2 saturated heterocycles. The van der Waals surface area contributed by atoms with Crippen LogP contribution in [0.15, 0.2) is 0 Å². The Morgan fingerprint density at radius 2 is 2.44 bits per heavy atom. The number of hydrogen-bond acceptors (Lipinski definition) is 4.